The first-order valence-electron chi connectivity index (χ1n) is 10.3. The van der Waals surface area contributed by atoms with E-state index in [-0.39, 0.29) is 25.2 Å². The molecule has 33 heavy (non-hydrogen) atoms. The summed E-state index contributed by atoms with van der Waals surface area (Å²) in [4.78, 5) is 22.0. The van der Waals surface area contributed by atoms with Crippen LogP contribution in [-0.2, 0) is 32.3 Å². The molecule has 0 aliphatic rings. The van der Waals surface area contributed by atoms with E-state index in [1.165, 1.54) is 13.8 Å². The van der Waals surface area contributed by atoms with Crippen LogP contribution in [0, 0.1) is 0 Å². The zero-order chi connectivity index (χ0) is 23.6. The normalized spacial score (nSPS) is 10.4. The third kappa shape index (κ3) is 7.57. The Kier molecular flexibility index (Phi) is 8.30. The zero-order valence-electron chi connectivity index (χ0n) is 18.8. The van der Waals surface area contributed by atoms with Crippen LogP contribution in [0.15, 0.2) is 72.8 Å². The van der Waals surface area contributed by atoms with Crippen molar-refractivity contribution in [1.29, 1.82) is 0 Å². The lowest BCUT2D eigenvalue weighted by molar-refractivity contribution is -0.143. The van der Waals surface area contributed by atoms with E-state index in [0.717, 1.165) is 22.4 Å². The van der Waals surface area contributed by atoms with Crippen LogP contribution in [0.4, 0.5) is 0 Å². The molecule has 0 spiro atoms. The van der Waals surface area contributed by atoms with Gasteiger partial charge in [0, 0.05) is 19.4 Å². The minimum absolute atomic E-state index is 0.202. The lowest BCUT2D eigenvalue weighted by Gasteiger charge is -2.21. The molecule has 3 rings (SSSR count). The van der Waals surface area contributed by atoms with Gasteiger partial charge in [-0.15, -0.1) is 0 Å². The summed E-state index contributed by atoms with van der Waals surface area (Å²) < 4.78 is 27.5. The summed E-state index contributed by atoms with van der Waals surface area (Å²) in [6.45, 7) is 3.15. The molecule has 0 amide bonds. The van der Waals surface area contributed by atoms with Crippen molar-refractivity contribution < 1.29 is 33.3 Å². The van der Waals surface area contributed by atoms with Crippen LogP contribution in [0.3, 0.4) is 0 Å². The highest BCUT2D eigenvalue weighted by Gasteiger charge is 2.16. The Balaban J connectivity index is 1.75. The fourth-order valence-corrected chi connectivity index (χ4v) is 2.87. The smallest absolute Gasteiger partial charge is 0.302 e. The number of carbonyl (C=O) groups is 2. The SMILES string of the molecule is COc1ccc(C(Oc2ccc(COC(C)=O)cc2)Oc2ccc(COC(C)=O)cc2)cc1. The van der Waals surface area contributed by atoms with Crippen molar-refractivity contribution in [2.45, 2.75) is 33.4 Å². The Morgan fingerprint density at radius 2 is 1.03 bits per heavy atom. The number of hydrogen-bond acceptors (Lipinski definition) is 7. The molecule has 0 N–H and O–H groups in total. The van der Waals surface area contributed by atoms with Gasteiger partial charge in [0.1, 0.15) is 30.5 Å². The minimum atomic E-state index is -0.727. The fraction of sp³-hybridized carbons (Fsp3) is 0.231. The Bertz CT molecular complexity index is 978. The second kappa shape index (κ2) is 11.6. The largest absolute Gasteiger partial charge is 0.497 e. The highest BCUT2D eigenvalue weighted by molar-refractivity contribution is 5.66. The molecule has 0 saturated heterocycles. The van der Waals surface area contributed by atoms with Crippen LogP contribution in [0.25, 0.3) is 0 Å². The molecular formula is C26H26O7. The van der Waals surface area contributed by atoms with E-state index in [0.29, 0.717) is 11.5 Å². The Hall–Kier alpha value is -4.00. The van der Waals surface area contributed by atoms with E-state index in [9.17, 15) is 9.59 Å². The molecule has 0 radical (unpaired) electrons. The van der Waals surface area contributed by atoms with E-state index >= 15 is 0 Å². The minimum Gasteiger partial charge on any atom is -0.497 e. The average Bonchev–Trinajstić information content (AvgIpc) is 2.82. The first-order chi connectivity index (χ1) is 15.9. The van der Waals surface area contributed by atoms with Gasteiger partial charge in [0.25, 0.3) is 6.29 Å². The summed E-state index contributed by atoms with van der Waals surface area (Å²) >= 11 is 0. The van der Waals surface area contributed by atoms with Gasteiger partial charge in [-0.1, -0.05) is 24.3 Å². The van der Waals surface area contributed by atoms with Crippen molar-refractivity contribution in [3.63, 3.8) is 0 Å². The van der Waals surface area contributed by atoms with Gasteiger partial charge in [-0.25, -0.2) is 0 Å². The molecule has 3 aromatic rings. The summed E-state index contributed by atoms with van der Waals surface area (Å²) in [5.41, 5.74) is 2.49. The quantitative estimate of drug-likeness (QED) is 0.318. The maximum Gasteiger partial charge on any atom is 0.302 e. The van der Waals surface area contributed by atoms with E-state index in [2.05, 4.69) is 0 Å². The van der Waals surface area contributed by atoms with Gasteiger partial charge < -0.3 is 23.7 Å². The molecule has 0 bridgehead atoms. The van der Waals surface area contributed by atoms with Crippen LogP contribution in [0.5, 0.6) is 17.2 Å². The third-order valence-electron chi connectivity index (χ3n) is 4.61. The maximum absolute atomic E-state index is 11.0. The van der Waals surface area contributed by atoms with Crippen molar-refractivity contribution in [2.75, 3.05) is 7.11 Å². The van der Waals surface area contributed by atoms with Crippen molar-refractivity contribution >= 4 is 11.9 Å². The number of ether oxygens (including phenoxy) is 5. The van der Waals surface area contributed by atoms with Gasteiger partial charge in [0.15, 0.2) is 0 Å². The fourth-order valence-electron chi connectivity index (χ4n) is 2.87. The summed E-state index contributed by atoms with van der Waals surface area (Å²) in [5, 5.41) is 0. The second-order valence-corrected chi connectivity index (χ2v) is 7.19. The van der Waals surface area contributed by atoms with Gasteiger partial charge in [-0.05, 0) is 59.7 Å². The monoisotopic (exact) mass is 450 g/mol. The molecule has 0 atom stereocenters. The predicted octanol–water partition coefficient (Wildman–Crippen LogP) is 4.98. The summed E-state index contributed by atoms with van der Waals surface area (Å²) in [6, 6.07) is 21.9. The van der Waals surface area contributed by atoms with E-state index in [1.807, 2.05) is 48.5 Å². The summed E-state index contributed by atoms with van der Waals surface area (Å²) in [5.74, 6) is 1.24. The third-order valence-corrected chi connectivity index (χ3v) is 4.61. The molecule has 0 saturated carbocycles. The molecule has 172 valence electrons. The van der Waals surface area contributed by atoms with Gasteiger partial charge in [0.05, 0.1) is 7.11 Å². The first-order valence-corrected chi connectivity index (χ1v) is 10.3. The lowest BCUT2D eigenvalue weighted by Crippen LogP contribution is -2.15. The van der Waals surface area contributed by atoms with Crippen molar-refractivity contribution in [2.24, 2.45) is 0 Å². The van der Waals surface area contributed by atoms with Gasteiger partial charge >= 0.3 is 11.9 Å². The van der Waals surface area contributed by atoms with E-state index < -0.39 is 6.29 Å². The molecule has 0 aliphatic heterocycles. The molecule has 0 heterocycles. The molecule has 7 heteroatoms. The molecule has 0 aromatic heterocycles. The lowest BCUT2D eigenvalue weighted by atomic mass is 10.2. The Labute approximate surface area is 192 Å². The van der Waals surface area contributed by atoms with Crippen molar-refractivity contribution in [1.82, 2.24) is 0 Å². The number of hydrogen-bond donors (Lipinski definition) is 0. The van der Waals surface area contributed by atoms with Crippen molar-refractivity contribution in [3.05, 3.63) is 89.5 Å². The van der Waals surface area contributed by atoms with Crippen LogP contribution in [0.1, 0.15) is 36.8 Å². The van der Waals surface area contributed by atoms with Crippen LogP contribution < -0.4 is 14.2 Å². The number of benzene rings is 3. The second-order valence-electron chi connectivity index (χ2n) is 7.19. The van der Waals surface area contributed by atoms with Gasteiger partial charge in [-0.2, -0.15) is 0 Å². The molecular weight excluding hydrogens is 424 g/mol. The predicted molar refractivity (Wildman–Crippen MR) is 121 cm³/mol. The first kappa shape index (κ1) is 23.7. The van der Waals surface area contributed by atoms with Crippen LogP contribution >= 0.6 is 0 Å². The molecule has 0 unspecified atom stereocenters. The Morgan fingerprint density at radius 3 is 1.39 bits per heavy atom. The average molecular weight is 450 g/mol. The van der Waals surface area contributed by atoms with Gasteiger partial charge in [-0.3, -0.25) is 9.59 Å². The highest BCUT2D eigenvalue weighted by atomic mass is 16.7. The summed E-state index contributed by atoms with van der Waals surface area (Å²) in [6.07, 6.45) is -0.727. The number of rotatable bonds is 10. The molecule has 0 fully saturated rings. The maximum atomic E-state index is 11.0. The number of carbonyl (C=O) groups excluding carboxylic acids is 2. The number of methoxy groups -OCH3 is 1. The van der Waals surface area contributed by atoms with Crippen LogP contribution in [-0.4, -0.2) is 19.0 Å². The van der Waals surface area contributed by atoms with E-state index in [1.54, 1.807) is 31.4 Å². The molecule has 7 nitrogen and oxygen atoms in total. The highest BCUT2D eigenvalue weighted by Crippen LogP contribution is 2.28. The topological polar surface area (TPSA) is 80.3 Å². The Morgan fingerprint density at radius 1 is 0.636 bits per heavy atom. The zero-order valence-corrected chi connectivity index (χ0v) is 18.8. The van der Waals surface area contributed by atoms with Crippen molar-refractivity contribution in [3.8, 4) is 17.2 Å². The molecule has 0 aliphatic carbocycles. The summed E-state index contributed by atoms with van der Waals surface area (Å²) in [7, 11) is 1.61. The van der Waals surface area contributed by atoms with E-state index in [4.69, 9.17) is 23.7 Å². The molecule has 3 aromatic carbocycles. The standard InChI is InChI=1S/C26H26O7/c1-18(27)30-16-20-4-10-24(11-5-20)32-26(22-8-14-23(29-3)15-9-22)33-25-12-6-21(7-13-25)17-31-19(2)28/h4-15,26H,16-17H2,1-3H3. The number of esters is 2. The van der Waals surface area contributed by atoms with Crippen LogP contribution in [0.2, 0.25) is 0 Å². The van der Waals surface area contributed by atoms with Gasteiger partial charge in [0.2, 0.25) is 0 Å².